The van der Waals surface area contributed by atoms with Gasteiger partial charge in [0, 0.05) is 21.8 Å². The van der Waals surface area contributed by atoms with Crippen LogP contribution >= 0.6 is 11.6 Å². The van der Waals surface area contributed by atoms with Crippen molar-refractivity contribution in [1.29, 1.82) is 0 Å². The number of benzene rings is 2. The van der Waals surface area contributed by atoms with Crippen LogP contribution in [-0.2, 0) is 14.8 Å². The van der Waals surface area contributed by atoms with Gasteiger partial charge in [0.25, 0.3) is 5.91 Å². The quantitative estimate of drug-likeness (QED) is 0.827. The Morgan fingerprint density at radius 1 is 1.14 bits per heavy atom. The molecule has 1 amide bonds. The molecule has 1 heterocycles. The predicted molar refractivity (Wildman–Crippen MR) is 85.8 cm³/mol. The van der Waals surface area contributed by atoms with Crippen LogP contribution in [0.5, 0.6) is 0 Å². The van der Waals surface area contributed by atoms with E-state index in [0.29, 0.717) is 27.4 Å². The van der Waals surface area contributed by atoms with Gasteiger partial charge in [0.05, 0.1) is 4.90 Å². The fraction of sp³-hybridized carbons (Fsp3) is 0. The first kappa shape index (κ1) is 14.8. The highest BCUT2D eigenvalue weighted by Crippen LogP contribution is 2.35. The number of anilines is 1. The zero-order valence-electron chi connectivity index (χ0n) is 11.2. The summed E-state index contributed by atoms with van der Waals surface area (Å²) in [6.07, 6.45) is 1.62. The summed E-state index contributed by atoms with van der Waals surface area (Å²) < 4.78 is 22.9. The molecule has 3 N–H and O–H groups in total. The second kappa shape index (κ2) is 5.24. The number of primary sulfonamides is 1. The van der Waals surface area contributed by atoms with E-state index >= 15 is 0 Å². The van der Waals surface area contributed by atoms with Gasteiger partial charge in [0.2, 0.25) is 10.0 Å². The first-order chi connectivity index (χ1) is 10.4. The Bertz CT molecular complexity index is 920. The molecule has 1 aliphatic heterocycles. The van der Waals surface area contributed by atoms with Gasteiger partial charge >= 0.3 is 0 Å². The maximum Gasteiger partial charge on any atom is 0.256 e. The first-order valence-electron chi connectivity index (χ1n) is 6.31. The summed E-state index contributed by atoms with van der Waals surface area (Å²) in [6.45, 7) is 0. The van der Waals surface area contributed by atoms with E-state index in [1.54, 1.807) is 30.3 Å². The summed E-state index contributed by atoms with van der Waals surface area (Å²) in [5, 5.41) is 8.31. The van der Waals surface area contributed by atoms with Crippen LogP contribution in [0.3, 0.4) is 0 Å². The van der Waals surface area contributed by atoms with E-state index in [9.17, 15) is 13.2 Å². The zero-order valence-corrected chi connectivity index (χ0v) is 12.8. The summed E-state index contributed by atoms with van der Waals surface area (Å²) in [6, 6.07) is 11.3. The Labute approximate surface area is 132 Å². The summed E-state index contributed by atoms with van der Waals surface area (Å²) in [5.41, 5.74) is 2.03. The number of halogens is 1. The average molecular weight is 335 g/mol. The van der Waals surface area contributed by atoms with Gasteiger partial charge in [-0.2, -0.15) is 0 Å². The Balaban J connectivity index is 2.17. The summed E-state index contributed by atoms with van der Waals surface area (Å²) >= 11 is 6.09. The molecule has 0 radical (unpaired) electrons. The highest BCUT2D eigenvalue weighted by Gasteiger charge is 2.26. The molecule has 112 valence electrons. The molecule has 3 rings (SSSR count). The standard InChI is InChI=1S/C15H11ClN2O3S/c16-13-4-2-1-3-9(13)7-12-11-8-10(22(17,20)21)5-6-14(11)18-15(12)19/h1-8H,(H,18,19)(H2,17,20,21)/b12-7-. The van der Waals surface area contributed by atoms with Gasteiger partial charge in [-0.15, -0.1) is 0 Å². The van der Waals surface area contributed by atoms with Crippen LogP contribution in [0.25, 0.3) is 11.6 Å². The first-order valence-corrected chi connectivity index (χ1v) is 8.23. The predicted octanol–water partition coefficient (Wildman–Crippen LogP) is 2.48. The monoisotopic (exact) mass is 334 g/mol. The molecule has 0 atom stereocenters. The van der Waals surface area contributed by atoms with E-state index in [4.69, 9.17) is 16.7 Å². The normalized spacial score (nSPS) is 15.7. The number of carbonyl (C=O) groups excluding carboxylic acids is 1. The lowest BCUT2D eigenvalue weighted by Crippen LogP contribution is -2.12. The molecular weight excluding hydrogens is 324 g/mol. The number of hydrogen-bond donors (Lipinski definition) is 2. The number of rotatable bonds is 2. The fourth-order valence-corrected chi connectivity index (χ4v) is 2.97. The molecule has 22 heavy (non-hydrogen) atoms. The molecule has 0 aromatic heterocycles. The summed E-state index contributed by atoms with van der Waals surface area (Å²) in [5.74, 6) is -0.318. The third-order valence-corrected chi connectivity index (χ3v) is 4.56. The number of nitrogens with two attached hydrogens (primary N) is 1. The Kier molecular flexibility index (Phi) is 3.52. The second-order valence-electron chi connectivity index (χ2n) is 4.79. The molecule has 0 saturated carbocycles. The van der Waals surface area contributed by atoms with Crippen LogP contribution in [0, 0.1) is 0 Å². The maximum absolute atomic E-state index is 12.1. The topological polar surface area (TPSA) is 89.3 Å². The largest absolute Gasteiger partial charge is 0.321 e. The lowest BCUT2D eigenvalue weighted by Gasteiger charge is -2.03. The van der Waals surface area contributed by atoms with E-state index in [1.807, 2.05) is 0 Å². The zero-order chi connectivity index (χ0) is 15.9. The Morgan fingerprint density at radius 3 is 2.55 bits per heavy atom. The van der Waals surface area contributed by atoms with Crippen molar-refractivity contribution in [3.8, 4) is 0 Å². The molecule has 0 saturated heterocycles. The SMILES string of the molecule is NS(=O)(=O)c1ccc2c(c1)/C(=C/c1ccccc1Cl)C(=O)N2. The molecule has 0 bridgehead atoms. The van der Waals surface area contributed by atoms with Crippen molar-refractivity contribution in [2.75, 3.05) is 5.32 Å². The molecular formula is C15H11ClN2O3S. The third kappa shape index (κ3) is 2.64. The molecule has 0 fully saturated rings. The van der Waals surface area contributed by atoms with Crippen molar-refractivity contribution in [1.82, 2.24) is 0 Å². The van der Waals surface area contributed by atoms with Gasteiger partial charge in [0.1, 0.15) is 0 Å². The van der Waals surface area contributed by atoms with Crippen molar-refractivity contribution in [3.63, 3.8) is 0 Å². The van der Waals surface area contributed by atoms with Gasteiger partial charge in [-0.05, 0) is 35.9 Å². The molecule has 5 nitrogen and oxygen atoms in total. The number of hydrogen-bond acceptors (Lipinski definition) is 3. The molecule has 7 heteroatoms. The van der Waals surface area contributed by atoms with E-state index in [0.717, 1.165) is 0 Å². The minimum Gasteiger partial charge on any atom is -0.321 e. The van der Waals surface area contributed by atoms with Gasteiger partial charge in [-0.25, -0.2) is 13.6 Å². The van der Waals surface area contributed by atoms with Gasteiger partial charge in [-0.3, -0.25) is 4.79 Å². The number of amides is 1. The van der Waals surface area contributed by atoms with Crippen LogP contribution in [0.4, 0.5) is 5.69 Å². The second-order valence-corrected chi connectivity index (χ2v) is 6.75. The number of nitrogens with one attached hydrogen (secondary N) is 1. The minimum atomic E-state index is -3.84. The van der Waals surface area contributed by atoms with Crippen molar-refractivity contribution < 1.29 is 13.2 Å². The van der Waals surface area contributed by atoms with Crippen molar-refractivity contribution in [2.24, 2.45) is 5.14 Å². The summed E-state index contributed by atoms with van der Waals surface area (Å²) in [7, 11) is -3.84. The van der Waals surface area contributed by atoms with Crippen molar-refractivity contribution in [3.05, 3.63) is 58.6 Å². The Morgan fingerprint density at radius 2 is 1.86 bits per heavy atom. The highest BCUT2D eigenvalue weighted by atomic mass is 35.5. The van der Waals surface area contributed by atoms with E-state index in [-0.39, 0.29) is 10.8 Å². The minimum absolute atomic E-state index is 0.0483. The highest BCUT2D eigenvalue weighted by molar-refractivity contribution is 7.89. The fourth-order valence-electron chi connectivity index (χ4n) is 2.24. The molecule has 2 aromatic carbocycles. The van der Waals surface area contributed by atoms with Crippen molar-refractivity contribution >= 4 is 44.9 Å². The number of fused-ring (bicyclic) bond motifs is 1. The van der Waals surface area contributed by atoms with Crippen LogP contribution in [-0.4, -0.2) is 14.3 Å². The third-order valence-electron chi connectivity index (χ3n) is 3.31. The number of carbonyl (C=O) groups is 1. The van der Waals surface area contributed by atoms with Gasteiger partial charge in [0.15, 0.2) is 0 Å². The maximum atomic E-state index is 12.1. The van der Waals surface area contributed by atoms with E-state index < -0.39 is 10.0 Å². The molecule has 0 unspecified atom stereocenters. The lowest BCUT2D eigenvalue weighted by atomic mass is 10.0. The van der Waals surface area contributed by atoms with Crippen LogP contribution in [0.1, 0.15) is 11.1 Å². The van der Waals surface area contributed by atoms with Crippen LogP contribution < -0.4 is 10.5 Å². The van der Waals surface area contributed by atoms with Crippen LogP contribution in [0.15, 0.2) is 47.4 Å². The molecule has 0 spiro atoms. The summed E-state index contributed by atoms with van der Waals surface area (Å²) in [4.78, 5) is 12.1. The number of sulfonamides is 1. The van der Waals surface area contributed by atoms with E-state index in [1.165, 1.54) is 18.2 Å². The smallest absolute Gasteiger partial charge is 0.256 e. The van der Waals surface area contributed by atoms with E-state index in [2.05, 4.69) is 5.32 Å². The molecule has 1 aliphatic rings. The molecule has 0 aliphatic carbocycles. The van der Waals surface area contributed by atoms with Crippen molar-refractivity contribution in [2.45, 2.75) is 4.90 Å². The Hall–Kier alpha value is -2.15. The van der Waals surface area contributed by atoms with Crippen LogP contribution in [0.2, 0.25) is 5.02 Å². The average Bonchev–Trinajstić information content (AvgIpc) is 2.76. The lowest BCUT2D eigenvalue weighted by molar-refractivity contribution is -0.110. The van der Waals surface area contributed by atoms with Gasteiger partial charge < -0.3 is 5.32 Å². The molecule has 2 aromatic rings. The van der Waals surface area contributed by atoms with Gasteiger partial charge in [-0.1, -0.05) is 29.8 Å².